The Bertz CT molecular complexity index is 448. The van der Waals surface area contributed by atoms with Crippen molar-refractivity contribution in [2.75, 3.05) is 13.2 Å². The molecule has 0 saturated carbocycles. The van der Waals surface area contributed by atoms with Crippen LogP contribution >= 0.6 is 0 Å². The van der Waals surface area contributed by atoms with Gasteiger partial charge in [0.15, 0.2) is 0 Å². The molecule has 1 atom stereocenters. The van der Waals surface area contributed by atoms with Gasteiger partial charge in [0.25, 0.3) is 5.91 Å². The van der Waals surface area contributed by atoms with Crippen LogP contribution in [0.4, 0.5) is 0 Å². The number of likely N-dealkylation sites (tertiary alicyclic amines) is 1. The molecule has 0 radical (unpaired) electrons. The Morgan fingerprint density at radius 3 is 2.95 bits per heavy atom. The molecule has 1 heterocycles. The predicted molar refractivity (Wildman–Crippen MR) is 77.8 cm³/mol. The van der Waals surface area contributed by atoms with Gasteiger partial charge in [-0.3, -0.25) is 15.1 Å². The monoisotopic (exact) mass is 277 g/mol. The van der Waals surface area contributed by atoms with E-state index >= 15 is 0 Å². The van der Waals surface area contributed by atoms with Crippen molar-refractivity contribution >= 4 is 5.91 Å². The first kappa shape index (κ1) is 15.0. The number of nitrogens with one attached hydrogen (secondary N) is 1. The molecule has 2 rings (SSSR count). The van der Waals surface area contributed by atoms with Crippen molar-refractivity contribution in [1.29, 1.82) is 0 Å². The largest absolute Gasteiger partial charge is 0.396 e. The smallest absolute Gasteiger partial charge is 0.265 e. The third-order valence-corrected chi connectivity index (χ3v) is 3.98. The number of rotatable bonds is 5. The first-order chi connectivity index (χ1) is 9.76. The molecule has 1 saturated heterocycles. The maximum absolute atomic E-state index is 11.8. The van der Waals surface area contributed by atoms with Crippen molar-refractivity contribution in [3.63, 3.8) is 0 Å². The molecular weight excluding hydrogens is 254 g/mol. The van der Waals surface area contributed by atoms with Crippen LogP contribution in [0.25, 0.3) is 0 Å². The fourth-order valence-electron chi connectivity index (χ4n) is 2.92. The molecule has 0 aliphatic carbocycles. The van der Waals surface area contributed by atoms with Crippen LogP contribution in [0, 0.1) is 0 Å². The number of nitrogens with zero attached hydrogens (tertiary/aromatic N) is 1. The number of nitrogen functional groups attached to an aromatic ring is 1. The Morgan fingerprint density at radius 1 is 1.40 bits per heavy atom. The van der Waals surface area contributed by atoms with E-state index in [1.165, 1.54) is 12.8 Å². The molecule has 0 spiro atoms. The average Bonchev–Trinajstić information content (AvgIpc) is 2.49. The van der Waals surface area contributed by atoms with Gasteiger partial charge < -0.3 is 5.11 Å². The molecule has 1 aliphatic rings. The van der Waals surface area contributed by atoms with Gasteiger partial charge in [-0.05, 0) is 37.4 Å². The molecule has 1 aromatic carbocycles. The van der Waals surface area contributed by atoms with Gasteiger partial charge in [-0.1, -0.05) is 24.6 Å². The van der Waals surface area contributed by atoms with E-state index in [0.29, 0.717) is 11.6 Å². The summed E-state index contributed by atoms with van der Waals surface area (Å²) in [7, 11) is 0. The molecule has 1 fully saturated rings. The highest BCUT2D eigenvalue weighted by Gasteiger charge is 2.23. The highest BCUT2D eigenvalue weighted by molar-refractivity contribution is 5.95. The zero-order valence-corrected chi connectivity index (χ0v) is 11.7. The van der Waals surface area contributed by atoms with E-state index < -0.39 is 0 Å². The summed E-state index contributed by atoms with van der Waals surface area (Å²) in [5.41, 5.74) is 3.81. The van der Waals surface area contributed by atoms with Crippen LogP contribution in [0.5, 0.6) is 0 Å². The molecular formula is C15H23N3O2. The normalized spacial score (nSPS) is 19.8. The van der Waals surface area contributed by atoms with Gasteiger partial charge in [0.2, 0.25) is 0 Å². The van der Waals surface area contributed by atoms with Gasteiger partial charge >= 0.3 is 0 Å². The first-order valence-corrected chi connectivity index (χ1v) is 7.20. The molecule has 1 amide bonds. The number of aliphatic hydroxyl groups is 1. The Balaban J connectivity index is 2.13. The number of hydrogen-bond donors (Lipinski definition) is 3. The van der Waals surface area contributed by atoms with E-state index in [9.17, 15) is 9.90 Å². The number of hydrazine groups is 1. The summed E-state index contributed by atoms with van der Waals surface area (Å²) in [4.78, 5) is 14.2. The van der Waals surface area contributed by atoms with E-state index in [-0.39, 0.29) is 12.5 Å². The average molecular weight is 277 g/mol. The number of piperidine rings is 1. The van der Waals surface area contributed by atoms with Gasteiger partial charge in [0.1, 0.15) is 0 Å². The van der Waals surface area contributed by atoms with Gasteiger partial charge in [0, 0.05) is 24.8 Å². The lowest BCUT2D eigenvalue weighted by Crippen LogP contribution is -2.40. The van der Waals surface area contributed by atoms with Crippen LogP contribution in [0.1, 0.15) is 41.6 Å². The summed E-state index contributed by atoms with van der Waals surface area (Å²) in [6.45, 7) is 1.96. The summed E-state index contributed by atoms with van der Waals surface area (Å²) < 4.78 is 0. The minimum absolute atomic E-state index is 0.214. The van der Waals surface area contributed by atoms with Crippen molar-refractivity contribution in [1.82, 2.24) is 10.3 Å². The molecule has 110 valence electrons. The van der Waals surface area contributed by atoms with E-state index in [4.69, 9.17) is 5.84 Å². The zero-order chi connectivity index (χ0) is 14.4. The summed E-state index contributed by atoms with van der Waals surface area (Å²) in [6, 6.07) is 7.95. The van der Waals surface area contributed by atoms with E-state index in [0.717, 1.165) is 31.5 Å². The number of amides is 1. The van der Waals surface area contributed by atoms with Crippen molar-refractivity contribution < 1.29 is 9.90 Å². The first-order valence-electron chi connectivity index (χ1n) is 7.20. The van der Waals surface area contributed by atoms with Crippen LogP contribution < -0.4 is 11.3 Å². The van der Waals surface area contributed by atoms with Crippen molar-refractivity contribution in [3.05, 3.63) is 35.4 Å². The summed E-state index contributed by atoms with van der Waals surface area (Å²) in [5.74, 6) is 4.98. The molecule has 5 heteroatoms. The van der Waals surface area contributed by atoms with Crippen LogP contribution in [0.2, 0.25) is 0 Å². The quantitative estimate of drug-likeness (QED) is 0.427. The number of carbonyl (C=O) groups excluding carboxylic acids is 1. The molecule has 0 bridgehead atoms. The van der Waals surface area contributed by atoms with Gasteiger partial charge in [-0.2, -0.15) is 0 Å². The van der Waals surface area contributed by atoms with Crippen molar-refractivity contribution in [3.8, 4) is 0 Å². The minimum Gasteiger partial charge on any atom is -0.396 e. The Morgan fingerprint density at radius 2 is 2.20 bits per heavy atom. The Kier molecular flexibility index (Phi) is 5.52. The maximum atomic E-state index is 11.8. The van der Waals surface area contributed by atoms with Crippen molar-refractivity contribution in [2.45, 2.75) is 38.3 Å². The second kappa shape index (κ2) is 7.38. The van der Waals surface area contributed by atoms with Crippen LogP contribution in [-0.2, 0) is 6.54 Å². The summed E-state index contributed by atoms with van der Waals surface area (Å²) in [5, 5.41) is 9.18. The summed E-state index contributed by atoms with van der Waals surface area (Å²) >= 11 is 0. The zero-order valence-electron chi connectivity index (χ0n) is 11.7. The van der Waals surface area contributed by atoms with Crippen molar-refractivity contribution in [2.24, 2.45) is 5.84 Å². The topological polar surface area (TPSA) is 78.6 Å². The van der Waals surface area contributed by atoms with Gasteiger partial charge in [0.05, 0.1) is 0 Å². The SMILES string of the molecule is NNC(=O)c1ccccc1CN1CCCCC1CCO. The lowest BCUT2D eigenvalue weighted by Gasteiger charge is -2.35. The highest BCUT2D eigenvalue weighted by atomic mass is 16.3. The van der Waals surface area contributed by atoms with Gasteiger partial charge in [-0.15, -0.1) is 0 Å². The third-order valence-electron chi connectivity index (χ3n) is 3.98. The molecule has 1 aromatic rings. The number of hydrogen-bond acceptors (Lipinski definition) is 4. The molecule has 1 aliphatic heterocycles. The molecule has 4 N–H and O–H groups in total. The molecule has 5 nitrogen and oxygen atoms in total. The lowest BCUT2D eigenvalue weighted by molar-refractivity contribution is 0.0942. The predicted octanol–water partition coefficient (Wildman–Crippen LogP) is 1.03. The fraction of sp³-hybridized carbons (Fsp3) is 0.533. The molecule has 1 unspecified atom stereocenters. The fourth-order valence-corrected chi connectivity index (χ4v) is 2.92. The minimum atomic E-state index is -0.253. The van der Waals surface area contributed by atoms with Crippen LogP contribution in [-0.4, -0.2) is 35.1 Å². The second-order valence-corrected chi connectivity index (χ2v) is 5.26. The summed E-state index contributed by atoms with van der Waals surface area (Å²) in [6.07, 6.45) is 4.30. The number of carbonyl (C=O) groups is 1. The third kappa shape index (κ3) is 3.56. The number of benzene rings is 1. The molecule has 0 aromatic heterocycles. The lowest BCUT2D eigenvalue weighted by atomic mass is 9.97. The second-order valence-electron chi connectivity index (χ2n) is 5.26. The van der Waals surface area contributed by atoms with E-state index in [2.05, 4.69) is 10.3 Å². The van der Waals surface area contributed by atoms with E-state index in [1.807, 2.05) is 18.2 Å². The van der Waals surface area contributed by atoms with Crippen LogP contribution in [0.3, 0.4) is 0 Å². The molecule has 20 heavy (non-hydrogen) atoms. The van der Waals surface area contributed by atoms with Crippen LogP contribution in [0.15, 0.2) is 24.3 Å². The standard InChI is InChI=1S/C15H23N3O2/c16-17-15(20)14-7-2-1-5-12(14)11-18-9-4-3-6-13(18)8-10-19/h1-2,5,7,13,19H,3-4,6,8-11,16H2,(H,17,20). The maximum Gasteiger partial charge on any atom is 0.265 e. The Labute approximate surface area is 119 Å². The highest BCUT2D eigenvalue weighted by Crippen LogP contribution is 2.23. The number of aliphatic hydroxyl groups excluding tert-OH is 1. The van der Waals surface area contributed by atoms with E-state index in [1.54, 1.807) is 6.07 Å². The number of nitrogens with two attached hydrogens (primary N) is 1. The van der Waals surface area contributed by atoms with Gasteiger partial charge in [-0.25, -0.2) is 5.84 Å². The Hall–Kier alpha value is -1.43.